The molecule has 1 N–H and O–H groups in total. The Morgan fingerprint density at radius 3 is 2.64 bits per heavy atom. The van der Waals surface area contributed by atoms with Crippen molar-refractivity contribution in [3.8, 4) is 0 Å². The first-order valence-electron chi connectivity index (χ1n) is 5.61. The molecule has 14 heavy (non-hydrogen) atoms. The molecule has 0 aromatic rings. The fourth-order valence-electron chi connectivity index (χ4n) is 1.40. The molecule has 0 heterocycles. The van der Waals surface area contributed by atoms with Crippen LogP contribution in [0.1, 0.15) is 26.7 Å². The van der Waals surface area contributed by atoms with Crippen LogP contribution in [0.4, 0.5) is 0 Å². The topological polar surface area (TPSA) is 15.3 Å². The lowest BCUT2D eigenvalue weighted by atomic mass is 10.2. The first-order valence-corrected chi connectivity index (χ1v) is 7.01. The summed E-state index contributed by atoms with van der Waals surface area (Å²) in [6.07, 6.45) is 4.72. The van der Waals surface area contributed by atoms with Crippen LogP contribution in [0, 0.1) is 0 Å². The number of rotatable bonds is 9. The zero-order valence-corrected chi connectivity index (χ0v) is 11.0. The molecule has 0 rings (SSSR count). The fraction of sp³-hybridized carbons (Fsp3) is 1.00. The molecule has 0 aromatic carbocycles. The summed E-state index contributed by atoms with van der Waals surface area (Å²) in [5, 5.41) is 3.54. The molecule has 1 atom stereocenters. The van der Waals surface area contributed by atoms with E-state index in [0.717, 1.165) is 13.1 Å². The predicted octanol–water partition coefficient (Wildman–Crippen LogP) is 2.06. The first kappa shape index (κ1) is 14.3. The van der Waals surface area contributed by atoms with E-state index in [1.807, 2.05) is 11.8 Å². The van der Waals surface area contributed by atoms with Crippen molar-refractivity contribution in [2.45, 2.75) is 32.7 Å². The Labute approximate surface area is 93.8 Å². The summed E-state index contributed by atoms with van der Waals surface area (Å²) in [5.41, 5.74) is 0. The molecule has 0 aliphatic rings. The maximum absolute atomic E-state index is 3.54. The number of nitrogens with one attached hydrogen (secondary N) is 1. The van der Waals surface area contributed by atoms with E-state index in [1.165, 1.54) is 25.1 Å². The lowest BCUT2D eigenvalue weighted by molar-refractivity contribution is 0.341. The molecule has 0 spiro atoms. The highest BCUT2D eigenvalue weighted by Gasteiger charge is 2.00. The zero-order valence-electron chi connectivity index (χ0n) is 10.2. The van der Waals surface area contributed by atoms with Gasteiger partial charge in [0.05, 0.1) is 0 Å². The number of hydrogen-bond donors (Lipinski definition) is 1. The van der Waals surface area contributed by atoms with Gasteiger partial charge in [-0.2, -0.15) is 11.8 Å². The smallest absolute Gasteiger partial charge is 0.0104 e. The summed E-state index contributed by atoms with van der Waals surface area (Å²) in [6, 6.07) is 0.675. The Morgan fingerprint density at radius 2 is 2.07 bits per heavy atom. The second kappa shape index (κ2) is 9.81. The molecular formula is C11H26N2S. The van der Waals surface area contributed by atoms with Crippen molar-refractivity contribution in [1.82, 2.24) is 10.2 Å². The predicted molar refractivity (Wildman–Crippen MR) is 68.3 cm³/mol. The SMILES string of the molecule is CCCC(C)NCCN(C)CCSC. The Hall–Kier alpha value is 0.270. The van der Waals surface area contributed by atoms with Crippen LogP contribution in [0.2, 0.25) is 0 Å². The van der Waals surface area contributed by atoms with Gasteiger partial charge >= 0.3 is 0 Å². The molecule has 0 bridgehead atoms. The molecule has 86 valence electrons. The van der Waals surface area contributed by atoms with Crippen molar-refractivity contribution in [1.29, 1.82) is 0 Å². The van der Waals surface area contributed by atoms with Gasteiger partial charge in [-0.3, -0.25) is 0 Å². The summed E-state index contributed by atoms with van der Waals surface area (Å²) < 4.78 is 0. The lowest BCUT2D eigenvalue weighted by Gasteiger charge is -2.18. The van der Waals surface area contributed by atoms with E-state index in [-0.39, 0.29) is 0 Å². The third kappa shape index (κ3) is 8.85. The minimum atomic E-state index is 0.675. The number of nitrogens with zero attached hydrogens (tertiary/aromatic N) is 1. The second-order valence-corrected chi connectivity index (χ2v) is 4.93. The summed E-state index contributed by atoms with van der Waals surface area (Å²) in [6.45, 7) is 7.99. The monoisotopic (exact) mass is 218 g/mol. The van der Waals surface area contributed by atoms with Gasteiger partial charge in [0.2, 0.25) is 0 Å². The first-order chi connectivity index (χ1) is 6.70. The standard InChI is InChI=1S/C11H26N2S/c1-5-6-11(2)12-7-8-13(3)9-10-14-4/h11-12H,5-10H2,1-4H3. The molecule has 0 saturated carbocycles. The lowest BCUT2D eigenvalue weighted by Crippen LogP contribution is -2.35. The third-order valence-electron chi connectivity index (χ3n) is 2.39. The minimum Gasteiger partial charge on any atom is -0.313 e. The fourth-order valence-corrected chi connectivity index (χ4v) is 1.89. The zero-order chi connectivity index (χ0) is 10.8. The molecule has 2 nitrogen and oxygen atoms in total. The minimum absolute atomic E-state index is 0.675. The van der Waals surface area contributed by atoms with E-state index in [1.54, 1.807) is 0 Å². The van der Waals surface area contributed by atoms with E-state index in [2.05, 4.69) is 37.4 Å². The highest BCUT2D eigenvalue weighted by Crippen LogP contribution is 1.95. The highest BCUT2D eigenvalue weighted by atomic mass is 32.2. The Morgan fingerprint density at radius 1 is 1.36 bits per heavy atom. The van der Waals surface area contributed by atoms with Crippen LogP contribution in [0.15, 0.2) is 0 Å². The molecule has 0 fully saturated rings. The van der Waals surface area contributed by atoms with Crippen LogP contribution in [-0.4, -0.2) is 49.6 Å². The third-order valence-corrected chi connectivity index (χ3v) is 2.98. The van der Waals surface area contributed by atoms with Gasteiger partial charge < -0.3 is 10.2 Å². The van der Waals surface area contributed by atoms with Gasteiger partial charge in [-0.25, -0.2) is 0 Å². The Kier molecular flexibility index (Phi) is 10.0. The largest absolute Gasteiger partial charge is 0.313 e. The van der Waals surface area contributed by atoms with Crippen molar-refractivity contribution in [2.75, 3.05) is 38.7 Å². The number of thioether (sulfide) groups is 1. The Balaban J connectivity index is 3.25. The number of likely N-dealkylation sites (N-methyl/N-ethyl adjacent to an activating group) is 1. The molecule has 3 heteroatoms. The van der Waals surface area contributed by atoms with E-state index in [0.29, 0.717) is 6.04 Å². The van der Waals surface area contributed by atoms with Gasteiger partial charge in [-0.05, 0) is 26.6 Å². The van der Waals surface area contributed by atoms with Gasteiger partial charge in [0.25, 0.3) is 0 Å². The maximum Gasteiger partial charge on any atom is 0.0104 e. The summed E-state index contributed by atoms with van der Waals surface area (Å²) in [4.78, 5) is 2.39. The quantitative estimate of drug-likeness (QED) is 0.638. The van der Waals surface area contributed by atoms with Gasteiger partial charge in [0, 0.05) is 31.4 Å². The van der Waals surface area contributed by atoms with Gasteiger partial charge in [0.15, 0.2) is 0 Å². The van der Waals surface area contributed by atoms with Crippen molar-refractivity contribution < 1.29 is 0 Å². The molecule has 0 radical (unpaired) electrons. The second-order valence-electron chi connectivity index (χ2n) is 3.94. The average Bonchev–Trinajstić information content (AvgIpc) is 2.15. The molecule has 0 amide bonds. The van der Waals surface area contributed by atoms with E-state index in [9.17, 15) is 0 Å². The van der Waals surface area contributed by atoms with E-state index in [4.69, 9.17) is 0 Å². The Bertz CT molecular complexity index is 120. The van der Waals surface area contributed by atoms with Crippen LogP contribution in [-0.2, 0) is 0 Å². The number of hydrogen-bond acceptors (Lipinski definition) is 3. The maximum atomic E-state index is 3.54. The van der Waals surface area contributed by atoms with Crippen LogP contribution in [0.5, 0.6) is 0 Å². The normalized spacial score (nSPS) is 13.5. The van der Waals surface area contributed by atoms with Crippen molar-refractivity contribution in [3.63, 3.8) is 0 Å². The van der Waals surface area contributed by atoms with Gasteiger partial charge in [-0.15, -0.1) is 0 Å². The van der Waals surface area contributed by atoms with E-state index < -0.39 is 0 Å². The van der Waals surface area contributed by atoms with Crippen LogP contribution in [0.25, 0.3) is 0 Å². The molecule has 0 aromatic heterocycles. The van der Waals surface area contributed by atoms with Gasteiger partial charge in [0.1, 0.15) is 0 Å². The molecule has 1 unspecified atom stereocenters. The summed E-state index contributed by atoms with van der Waals surface area (Å²) >= 11 is 1.92. The van der Waals surface area contributed by atoms with Crippen molar-refractivity contribution >= 4 is 11.8 Å². The van der Waals surface area contributed by atoms with Crippen LogP contribution < -0.4 is 5.32 Å². The molecule has 0 aliphatic heterocycles. The van der Waals surface area contributed by atoms with Crippen molar-refractivity contribution in [3.05, 3.63) is 0 Å². The van der Waals surface area contributed by atoms with Crippen LogP contribution >= 0.6 is 11.8 Å². The average molecular weight is 218 g/mol. The summed E-state index contributed by atoms with van der Waals surface area (Å²) in [5.74, 6) is 1.24. The highest BCUT2D eigenvalue weighted by molar-refractivity contribution is 7.98. The van der Waals surface area contributed by atoms with Gasteiger partial charge in [-0.1, -0.05) is 13.3 Å². The van der Waals surface area contributed by atoms with E-state index >= 15 is 0 Å². The molecule has 0 aliphatic carbocycles. The van der Waals surface area contributed by atoms with Crippen molar-refractivity contribution in [2.24, 2.45) is 0 Å². The van der Waals surface area contributed by atoms with Crippen LogP contribution in [0.3, 0.4) is 0 Å². The molecule has 0 saturated heterocycles. The summed E-state index contributed by atoms with van der Waals surface area (Å²) in [7, 11) is 2.20. The molecular weight excluding hydrogens is 192 g/mol.